The summed E-state index contributed by atoms with van der Waals surface area (Å²) in [4.78, 5) is 2.44. The smallest absolute Gasteiger partial charge is 0.0469 e. The molecule has 0 bridgehead atoms. The average molecular weight is 228 g/mol. The molecule has 16 heavy (non-hydrogen) atoms. The molecule has 1 rings (SSSR count). The Morgan fingerprint density at radius 1 is 1.25 bits per heavy atom. The van der Waals surface area contributed by atoms with Crippen LogP contribution in [0.5, 0.6) is 0 Å². The Kier molecular flexibility index (Phi) is 5.73. The first kappa shape index (κ1) is 13.9. The molecule has 1 heterocycles. The molecule has 0 unspecified atom stereocenters. The molecule has 3 heteroatoms. The first-order valence-electron chi connectivity index (χ1n) is 6.49. The largest absolute Gasteiger partial charge is 0.381 e. The van der Waals surface area contributed by atoms with Crippen molar-refractivity contribution in [3.8, 4) is 0 Å². The van der Waals surface area contributed by atoms with Gasteiger partial charge in [0.05, 0.1) is 0 Å². The van der Waals surface area contributed by atoms with Crippen molar-refractivity contribution >= 4 is 0 Å². The van der Waals surface area contributed by atoms with Crippen molar-refractivity contribution in [1.82, 2.24) is 10.2 Å². The van der Waals surface area contributed by atoms with Gasteiger partial charge in [0.25, 0.3) is 0 Å². The molecule has 0 atom stereocenters. The summed E-state index contributed by atoms with van der Waals surface area (Å²) in [5.74, 6) is 0.841. The van der Waals surface area contributed by atoms with Gasteiger partial charge in [0, 0.05) is 38.4 Å². The van der Waals surface area contributed by atoms with E-state index < -0.39 is 0 Å². The van der Waals surface area contributed by atoms with Crippen molar-refractivity contribution in [2.45, 2.75) is 39.2 Å². The van der Waals surface area contributed by atoms with Gasteiger partial charge in [-0.05, 0) is 46.6 Å². The Labute approximate surface area is 101 Å². The van der Waals surface area contributed by atoms with Crippen molar-refractivity contribution in [3.05, 3.63) is 0 Å². The van der Waals surface area contributed by atoms with Gasteiger partial charge in [0.15, 0.2) is 0 Å². The molecule has 1 aliphatic rings. The lowest BCUT2D eigenvalue weighted by molar-refractivity contribution is 0.0557. The minimum atomic E-state index is 0.236. The fourth-order valence-corrected chi connectivity index (χ4v) is 2.08. The second-order valence-corrected chi connectivity index (χ2v) is 5.99. The van der Waals surface area contributed by atoms with E-state index in [1.807, 2.05) is 0 Å². The topological polar surface area (TPSA) is 24.5 Å². The van der Waals surface area contributed by atoms with Crippen molar-refractivity contribution < 1.29 is 4.74 Å². The van der Waals surface area contributed by atoms with Gasteiger partial charge in [-0.1, -0.05) is 0 Å². The van der Waals surface area contributed by atoms with Crippen LogP contribution in [0, 0.1) is 5.92 Å². The van der Waals surface area contributed by atoms with E-state index in [9.17, 15) is 0 Å². The molecular weight excluding hydrogens is 200 g/mol. The highest BCUT2D eigenvalue weighted by Gasteiger charge is 2.16. The first-order valence-corrected chi connectivity index (χ1v) is 6.49. The molecule has 1 aliphatic heterocycles. The van der Waals surface area contributed by atoms with Crippen LogP contribution in [0.4, 0.5) is 0 Å². The van der Waals surface area contributed by atoms with Crippen LogP contribution < -0.4 is 5.32 Å². The third-order valence-corrected chi connectivity index (χ3v) is 3.06. The SMILES string of the molecule is CN(CCNC(C)(C)C)CC1CCOCC1. The lowest BCUT2D eigenvalue weighted by Gasteiger charge is -2.28. The molecule has 96 valence electrons. The van der Waals surface area contributed by atoms with Crippen LogP contribution in [-0.4, -0.2) is 50.3 Å². The van der Waals surface area contributed by atoms with E-state index in [0.717, 1.165) is 32.2 Å². The highest BCUT2D eigenvalue weighted by molar-refractivity contribution is 4.72. The molecule has 1 saturated heterocycles. The van der Waals surface area contributed by atoms with E-state index in [2.05, 4.69) is 38.0 Å². The molecule has 0 aromatic rings. The zero-order valence-corrected chi connectivity index (χ0v) is 11.4. The minimum absolute atomic E-state index is 0.236. The lowest BCUT2D eigenvalue weighted by Crippen LogP contribution is -2.41. The van der Waals surface area contributed by atoms with E-state index in [1.54, 1.807) is 0 Å². The third-order valence-electron chi connectivity index (χ3n) is 3.06. The summed E-state index contributed by atoms with van der Waals surface area (Å²) >= 11 is 0. The van der Waals surface area contributed by atoms with Gasteiger partial charge < -0.3 is 15.0 Å². The monoisotopic (exact) mass is 228 g/mol. The zero-order valence-electron chi connectivity index (χ0n) is 11.4. The van der Waals surface area contributed by atoms with Gasteiger partial charge in [-0.3, -0.25) is 0 Å². The molecule has 0 spiro atoms. The van der Waals surface area contributed by atoms with Crippen molar-refractivity contribution in [2.75, 3.05) is 39.9 Å². The molecule has 0 saturated carbocycles. The van der Waals surface area contributed by atoms with E-state index in [1.165, 1.54) is 19.4 Å². The second kappa shape index (κ2) is 6.58. The fraction of sp³-hybridized carbons (Fsp3) is 1.00. The molecule has 0 aromatic heterocycles. The van der Waals surface area contributed by atoms with Crippen LogP contribution in [0.25, 0.3) is 0 Å². The summed E-state index contributed by atoms with van der Waals surface area (Å²) in [6.07, 6.45) is 2.47. The normalized spacial score (nSPS) is 19.3. The van der Waals surface area contributed by atoms with Gasteiger partial charge in [-0.2, -0.15) is 0 Å². The van der Waals surface area contributed by atoms with Gasteiger partial charge >= 0.3 is 0 Å². The minimum Gasteiger partial charge on any atom is -0.381 e. The molecule has 0 aliphatic carbocycles. The maximum Gasteiger partial charge on any atom is 0.0469 e. The van der Waals surface area contributed by atoms with Crippen molar-refractivity contribution in [3.63, 3.8) is 0 Å². The van der Waals surface area contributed by atoms with E-state index in [0.29, 0.717) is 0 Å². The number of hydrogen-bond donors (Lipinski definition) is 1. The van der Waals surface area contributed by atoms with Gasteiger partial charge in [0.1, 0.15) is 0 Å². The number of likely N-dealkylation sites (N-methyl/N-ethyl adjacent to an activating group) is 1. The lowest BCUT2D eigenvalue weighted by atomic mass is 10.00. The fourth-order valence-electron chi connectivity index (χ4n) is 2.08. The van der Waals surface area contributed by atoms with Crippen LogP contribution in [0.1, 0.15) is 33.6 Å². The van der Waals surface area contributed by atoms with E-state index >= 15 is 0 Å². The van der Waals surface area contributed by atoms with Crippen LogP contribution >= 0.6 is 0 Å². The third kappa shape index (κ3) is 6.46. The second-order valence-electron chi connectivity index (χ2n) is 5.99. The average Bonchev–Trinajstić information content (AvgIpc) is 2.17. The molecule has 0 radical (unpaired) electrons. The van der Waals surface area contributed by atoms with Gasteiger partial charge in [-0.15, -0.1) is 0 Å². The zero-order chi connectivity index (χ0) is 12.0. The van der Waals surface area contributed by atoms with Crippen LogP contribution in [0.15, 0.2) is 0 Å². The number of nitrogens with zero attached hydrogens (tertiary/aromatic N) is 1. The quantitative estimate of drug-likeness (QED) is 0.775. The Morgan fingerprint density at radius 3 is 2.44 bits per heavy atom. The van der Waals surface area contributed by atoms with E-state index in [-0.39, 0.29) is 5.54 Å². The Bertz CT molecular complexity index is 183. The molecular formula is C13H28N2O. The Hall–Kier alpha value is -0.120. The van der Waals surface area contributed by atoms with Crippen LogP contribution in [-0.2, 0) is 4.74 Å². The molecule has 3 nitrogen and oxygen atoms in total. The van der Waals surface area contributed by atoms with E-state index in [4.69, 9.17) is 4.74 Å². The van der Waals surface area contributed by atoms with Crippen molar-refractivity contribution in [1.29, 1.82) is 0 Å². The van der Waals surface area contributed by atoms with Crippen LogP contribution in [0.3, 0.4) is 0 Å². The summed E-state index contributed by atoms with van der Waals surface area (Å²) in [7, 11) is 2.22. The Morgan fingerprint density at radius 2 is 1.88 bits per heavy atom. The molecule has 0 amide bonds. The Balaban J connectivity index is 2.08. The first-order chi connectivity index (χ1) is 7.47. The molecule has 1 N–H and O–H groups in total. The highest BCUT2D eigenvalue weighted by atomic mass is 16.5. The van der Waals surface area contributed by atoms with Gasteiger partial charge in [-0.25, -0.2) is 0 Å². The molecule has 1 fully saturated rings. The summed E-state index contributed by atoms with van der Waals surface area (Å²) in [5, 5.41) is 3.52. The maximum atomic E-state index is 5.38. The number of rotatable bonds is 5. The maximum absolute atomic E-state index is 5.38. The predicted molar refractivity (Wildman–Crippen MR) is 68.8 cm³/mol. The number of nitrogens with one attached hydrogen (secondary N) is 1. The summed E-state index contributed by atoms with van der Waals surface area (Å²) in [5.41, 5.74) is 0.236. The predicted octanol–water partition coefficient (Wildman–Crippen LogP) is 1.73. The standard InChI is InChI=1S/C13H28N2O/c1-13(2,3)14-7-8-15(4)11-12-5-9-16-10-6-12/h12,14H,5-11H2,1-4H3. The number of hydrogen-bond acceptors (Lipinski definition) is 3. The van der Waals surface area contributed by atoms with Crippen molar-refractivity contribution in [2.24, 2.45) is 5.92 Å². The van der Waals surface area contributed by atoms with Crippen LogP contribution in [0.2, 0.25) is 0 Å². The number of ether oxygens (including phenoxy) is 1. The summed E-state index contributed by atoms with van der Waals surface area (Å²) < 4.78 is 5.38. The summed E-state index contributed by atoms with van der Waals surface area (Å²) in [6.45, 7) is 12.0. The molecule has 0 aromatic carbocycles. The summed E-state index contributed by atoms with van der Waals surface area (Å²) in [6, 6.07) is 0. The van der Waals surface area contributed by atoms with Gasteiger partial charge in [0.2, 0.25) is 0 Å². The highest BCUT2D eigenvalue weighted by Crippen LogP contribution is 2.15.